The minimum absolute atomic E-state index is 0.0325. The minimum Gasteiger partial charge on any atom is -0.478 e. The number of carbonyl (C=O) groups is 1. The molecule has 0 aliphatic heterocycles. The van der Waals surface area contributed by atoms with Crippen molar-refractivity contribution < 1.29 is 9.90 Å². The van der Waals surface area contributed by atoms with E-state index in [0.717, 1.165) is 0 Å². The molecule has 46 heavy (non-hydrogen) atoms. The Kier molecular flexibility index (Phi) is 7.68. The molecule has 0 atom stereocenters. The van der Waals surface area contributed by atoms with Crippen molar-refractivity contribution in [2.45, 2.75) is 13.8 Å². The molecule has 3 heterocycles. The molecule has 14 nitrogen and oxygen atoms in total. The molecule has 0 radical (unpaired) electrons. The number of hydrogen-bond donors (Lipinski definition) is 4. The Morgan fingerprint density at radius 2 is 1.00 bits per heavy atom. The number of aromatic nitrogens is 7. The summed E-state index contributed by atoms with van der Waals surface area (Å²) in [5.41, 5.74) is 3.14. The molecule has 0 saturated carbocycles. The molecule has 0 spiro atoms. The van der Waals surface area contributed by atoms with Gasteiger partial charge >= 0.3 is 5.97 Å². The zero-order valence-corrected chi connectivity index (χ0v) is 25.4. The van der Waals surface area contributed by atoms with E-state index in [4.69, 9.17) is 0 Å². The topological polar surface area (TPSA) is 166 Å². The molecule has 6 aromatic rings. The lowest BCUT2D eigenvalue weighted by molar-refractivity contribution is 0.0697. The van der Waals surface area contributed by atoms with E-state index in [1.54, 1.807) is 49.4 Å². The van der Waals surface area contributed by atoms with E-state index in [0.29, 0.717) is 28.5 Å². The van der Waals surface area contributed by atoms with Crippen LogP contribution in [0.15, 0.2) is 94.5 Å². The van der Waals surface area contributed by atoms with E-state index < -0.39 is 5.97 Å². The summed E-state index contributed by atoms with van der Waals surface area (Å²) in [6.45, 7) is 3.60. The van der Waals surface area contributed by atoms with E-state index in [1.807, 2.05) is 60.7 Å². The number of nitrogens with zero attached hydrogens (tertiary/aromatic N) is 7. The maximum absolute atomic E-state index is 13.6. The molecule has 14 heteroatoms. The number of carboxylic acid groups (broad SMARTS) is 1. The Hall–Kier alpha value is -6.44. The SMILES string of the molecule is Cc1c(Nc2nc(Nc3ccc(C(=O)O)cc3)nc(Nc3c(C)n(C)n(-c4ccccc4)c3=O)n2)c(=O)n(-c2ccccc2)n1C. The summed E-state index contributed by atoms with van der Waals surface area (Å²) in [7, 11) is 3.55. The van der Waals surface area contributed by atoms with Gasteiger partial charge in [-0.15, -0.1) is 0 Å². The molecule has 0 bridgehead atoms. The number of rotatable bonds is 9. The summed E-state index contributed by atoms with van der Waals surface area (Å²) in [5.74, 6) is -0.907. The van der Waals surface area contributed by atoms with Gasteiger partial charge in [-0.2, -0.15) is 15.0 Å². The van der Waals surface area contributed by atoms with E-state index in [9.17, 15) is 19.5 Å². The van der Waals surface area contributed by atoms with Gasteiger partial charge in [-0.05, 0) is 62.4 Å². The quantitative estimate of drug-likeness (QED) is 0.182. The number of anilines is 6. The Labute approximate surface area is 262 Å². The highest BCUT2D eigenvalue weighted by Crippen LogP contribution is 2.23. The summed E-state index contributed by atoms with van der Waals surface area (Å²) < 4.78 is 6.51. The van der Waals surface area contributed by atoms with Gasteiger partial charge in [-0.25, -0.2) is 14.2 Å². The smallest absolute Gasteiger partial charge is 0.335 e. The third kappa shape index (κ3) is 5.50. The molecule has 0 aliphatic carbocycles. The van der Waals surface area contributed by atoms with E-state index in [-0.39, 0.29) is 45.9 Å². The van der Waals surface area contributed by atoms with Gasteiger partial charge in [0.1, 0.15) is 11.4 Å². The van der Waals surface area contributed by atoms with Crippen molar-refractivity contribution in [3.05, 3.63) is 123 Å². The molecule has 0 unspecified atom stereocenters. The lowest BCUT2D eigenvalue weighted by Crippen LogP contribution is -2.21. The monoisotopic (exact) mass is 618 g/mol. The lowest BCUT2D eigenvalue weighted by Gasteiger charge is -2.11. The van der Waals surface area contributed by atoms with Crippen LogP contribution in [0.25, 0.3) is 11.4 Å². The van der Waals surface area contributed by atoms with Crippen LogP contribution in [-0.4, -0.2) is 44.8 Å². The Bertz CT molecular complexity index is 2060. The molecule has 0 fully saturated rings. The molecule has 0 amide bonds. The van der Waals surface area contributed by atoms with Crippen LogP contribution in [0, 0.1) is 13.8 Å². The number of aromatic carboxylic acids is 1. The molecule has 3 aromatic carbocycles. The van der Waals surface area contributed by atoms with Crippen molar-refractivity contribution in [3.63, 3.8) is 0 Å². The standard InChI is InChI=1S/C32H30N10O4/c1-19-25(27(43)41(39(19)3)23-11-7-5-8-12-23)34-31-36-30(33-22-17-15-21(16-18-22)29(45)46)37-32(38-31)35-26-20(2)40(4)42(28(26)44)24-13-9-6-10-14-24/h5-18H,1-4H3,(H,45,46)(H3,33,34,35,36,37,38). The molecular weight excluding hydrogens is 588 g/mol. The van der Waals surface area contributed by atoms with Gasteiger partial charge < -0.3 is 21.1 Å². The average Bonchev–Trinajstić information content (AvgIpc) is 3.39. The first-order valence-electron chi connectivity index (χ1n) is 14.2. The highest BCUT2D eigenvalue weighted by atomic mass is 16.4. The second kappa shape index (κ2) is 11.9. The normalized spacial score (nSPS) is 11.0. The maximum Gasteiger partial charge on any atom is 0.335 e. The van der Waals surface area contributed by atoms with Gasteiger partial charge in [-0.1, -0.05) is 36.4 Å². The van der Waals surface area contributed by atoms with Crippen LogP contribution in [0.2, 0.25) is 0 Å². The molecule has 6 rings (SSSR count). The van der Waals surface area contributed by atoms with E-state index in [1.165, 1.54) is 21.5 Å². The van der Waals surface area contributed by atoms with Crippen LogP contribution in [0.4, 0.5) is 34.9 Å². The van der Waals surface area contributed by atoms with Crippen LogP contribution in [0.3, 0.4) is 0 Å². The predicted octanol–water partition coefficient (Wildman–Crippen LogP) is 4.40. The first kappa shape index (κ1) is 29.6. The van der Waals surface area contributed by atoms with Gasteiger partial charge in [0.15, 0.2) is 0 Å². The van der Waals surface area contributed by atoms with Gasteiger partial charge in [-0.3, -0.25) is 19.0 Å². The molecule has 0 saturated heterocycles. The van der Waals surface area contributed by atoms with Crippen molar-refractivity contribution in [2.24, 2.45) is 14.1 Å². The van der Waals surface area contributed by atoms with Gasteiger partial charge in [0.25, 0.3) is 11.1 Å². The largest absolute Gasteiger partial charge is 0.478 e. The summed E-state index contributed by atoms with van der Waals surface area (Å²) in [4.78, 5) is 52.0. The highest BCUT2D eigenvalue weighted by Gasteiger charge is 2.21. The fourth-order valence-electron chi connectivity index (χ4n) is 5.02. The fourth-order valence-corrected chi connectivity index (χ4v) is 5.02. The molecule has 232 valence electrons. The second-order valence-electron chi connectivity index (χ2n) is 10.4. The van der Waals surface area contributed by atoms with E-state index >= 15 is 0 Å². The predicted molar refractivity (Wildman–Crippen MR) is 175 cm³/mol. The van der Waals surface area contributed by atoms with E-state index in [2.05, 4.69) is 30.9 Å². The molecular formula is C32H30N10O4. The minimum atomic E-state index is -1.05. The molecule has 0 aliphatic rings. The molecule has 3 aromatic heterocycles. The van der Waals surface area contributed by atoms with Crippen LogP contribution in [0.1, 0.15) is 21.7 Å². The number of nitrogens with one attached hydrogen (secondary N) is 3. The summed E-state index contributed by atoms with van der Waals surface area (Å²) in [6.07, 6.45) is 0. The van der Waals surface area contributed by atoms with Crippen molar-refractivity contribution in [1.29, 1.82) is 0 Å². The summed E-state index contributed by atoms with van der Waals surface area (Å²) in [5, 5.41) is 18.4. The van der Waals surface area contributed by atoms with Crippen LogP contribution < -0.4 is 27.1 Å². The van der Waals surface area contributed by atoms with Crippen LogP contribution >= 0.6 is 0 Å². The summed E-state index contributed by atoms with van der Waals surface area (Å²) in [6, 6.07) is 24.5. The second-order valence-corrected chi connectivity index (χ2v) is 10.4. The van der Waals surface area contributed by atoms with Gasteiger partial charge in [0.2, 0.25) is 17.8 Å². The maximum atomic E-state index is 13.6. The lowest BCUT2D eigenvalue weighted by atomic mass is 10.2. The summed E-state index contributed by atoms with van der Waals surface area (Å²) >= 11 is 0. The third-order valence-electron chi connectivity index (χ3n) is 7.61. The zero-order chi connectivity index (χ0) is 32.5. The Balaban J connectivity index is 1.42. The fraction of sp³-hybridized carbons (Fsp3) is 0.125. The van der Waals surface area contributed by atoms with Gasteiger partial charge in [0, 0.05) is 19.8 Å². The van der Waals surface area contributed by atoms with Crippen molar-refractivity contribution in [1.82, 2.24) is 33.7 Å². The van der Waals surface area contributed by atoms with Crippen LogP contribution in [-0.2, 0) is 14.1 Å². The van der Waals surface area contributed by atoms with Crippen molar-refractivity contribution >= 4 is 40.9 Å². The number of para-hydroxylation sites is 2. The average molecular weight is 619 g/mol. The number of benzene rings is 3. The van der Waals surface area contributed by atoms with Gasteiger partial charge in [0.05, 0.1) is 28.3 Å². The van der Waals surface area contributed by atoms with Crippen LogP contribution in [0.5, 0.6) is 0 Å². The first-order chi connectivity index (χ1) is 22.1. The number of carboxylic acids is 1. The zero-order valence-electron chi connectivity index (χ0n) is 25.4. The first-order valence-corrected chi connectivity index (χ1v) is 14.2. The Morgan fingerprint density at radius 3 is 1.39 bits per heavy atom. The number of hydrogen-bond acceptors (Lipinski definition) is 9. The Morgan fingerprint density at radius 1 is 0.609 bits per heavy atom. The highest BCUT2D eigenvalue weighted by molar-refractivity contribution is 5.88. The third-order valence-corrected chi connectivity index (χ3v) is 7.61. The van der Waals surface area contributed by atoms with Crippen molar-refractivity contribution in [3.8, 4) is 11.4 Å². The molecule has 4 N–H and O–H groups in total. The van der Waals surface area contributed by atoms with Crippen molar-refractivity contribution in [2.75, 3.05) is 16.0 Å².